The number of hydrogen-bond acceptors (Lipinski definition) is 3. The van der Waals surface area contributed by atoms with Gasteiger partial charge < -0.3 is 9.47 Å². The van der Waals surface area contributed by atoms with E-state index in [1.165, 1.54) is 18.6 Å². The van der Waals surface area contributed by atoms with Crippen molar-refractivity contribution in [1.82, 2.24) is 4.90 Å². The van der Waals surface area contributed by atoms with Crippen molar-refractivity contribution in [3.63, 3.8) is 0 Å². The second-order valence-corrected chi connectivity index (χ2v) is 5.73. The maximum atomic E-state index is 12.9. The van der Waals surface area contributed by atoms with Gasteiger partial charge in [-0.15, -0.1) is 0 Å². The van der Waals surface area contributed by atoms with Gasteiger partial charge in [-0.3, -0.25) is 4.90 Å². The van der Waals surface area contributed by atoms with E-state index in [1.807, 2.05) is 24.3 Å². The Kier molecular flexibility index (Phi) is 5.13. The van der Waals surface area contributed by atoms with Gasteiger partial charge in [-0.1, -0.05) is 19.1 Å². The van der Waals surface area contributed by atoms with Gasteiger partial charge in [0.1, 0.15) is 23.9 Å². The van der Waals surface area contributed by atoms with Crippen molar-refractivity contribution in [2.75, 3.05) is 13.1 Å². The molecular weight excluding hydrogens is 293 g/mol. The number of ether oxygens (including phenoxy) is 2. The summed E-state index contributed by atoms with van der Waals surface area (Å²) >= 11 is 0. The van der Waals surface area contributed by atoms with Crippen LogP contribution in [0.4, 0.5) is 4.39 Å². The summed E-state index contributed by atoms with van der Waals surface area (Å²) in [6, 6.07) is 14.0. The molecule has 1 aliphatic rings. The number of halogens is 1. The highest BCUT2D eigenvalue weighted by atomic mass is 19.1. The first-order valence-electron chi connectivity index (χ1n) is 8.12. The number of hydrogen-bond donors (Lipinski definition) is 0. The molecule has 0 radical (unpaired) electrons. The molecule has 23 heavy (non-hydrogen) atoms. The molecule has 1 heterocycles. The Hall–Kier alpha value is -2.07. The van der Waals surface area contributed by atoms with E-state index < -0.39 is 0 Å². The first kappa shape index (κ1) is 15.8. The lowest BCUT2D eigenvalue weighted by molar-refractivity contribution is 0.0649. The third-order valence-electron chi connectivity index (χ3n) is 4.12. The summed E-state index contributed by atoms with van der Waals surface area (Å²) in [5.41, 5.74) is 0.941. The summed E-state index contributed by atoms with van der Waals surface area (Å²) in [6.07, 6.45) is 2.46. The SMILES string of the molecule is CCN1CCCC1Oc1ccc(OCc2ccc(F)cc2)cc1. The van der Waals surface area contributed by atoms with Gasteiger partial charge in [0.15, 0.2) is 6.23 Å². The smallest absolute Gasteiger partial charge is 0.152 e. The highest BCUT2D eigenvalue weighted by molar-refractivity contribution is 5.31. The van der Waals surface area contributed by atoms with E-state index in [4.69, 9.17) is 9.47 Å². The molecule has 0 aliphatic carbocycles. The molecule has 0 spiro atoms. The summed E-state index contributed by atoms with van der Waals surface area (Å²) in [6.45, 7) is 4.71. The number of likely N-dealkylation sites (tertiary alicyclic amines) is 1. The van der Waals surface area contributed by atoms with E-state index in [2.05, 4.69) is 11.8 Å². The molecule has 0 aromatic heterocycles. The fraction of sp³-hybridized carbons (Fsp3) is 0.368. The molecule has 3 nitrogen and oxygen atoms in total. The largest absolute Gasteiger partial charge is 0.489 e. The average molecular weight is 315 g/mol. The zero-order valence-corrected chi connectivity index (χ0v) is 13.4. The fourth-order valence-corrected chi connectivity index (χ4v) is 2.81. The zero-order chi connectivity index (χ0) is 16.1. The van der Waals surface area contributed by atoms with Crippen LogP contribution < -0.4 is 9.47 Å². The molecule has 0 N–H and O–H groups in total. The summed E-state index contributed by atoms with van der Waals surface area (Å²) in [5.74, 6) is 1.41. The van der Waals surface area contributed by atoms with Gasteiger partial charge in [-0.05, 0) is 61.3 Å². The Bertz CT molecular complexity index is 612. The van der Waals surface area contributed by atoms with Crippen LogP contribution in [0.2, 0.25) is 0 Å². The molecule has 0 amide bonds. The summed E-state index contributed by atoms with van der Waals surface area (Å²) < 4.78 is 24.6. The van der Waals surface area contributed by atoms with Gasteiger partial charge in [-0.25, -0.2) is 4.39 Å². The molecule has 1 fully saturated rings. The number of nitrogens with zero attached hydrogens (tertiary/aromatic N) is 1. The van der Waals surface area contributed by atoms with E-state index in [0.717, 1.165) is 36.6 Å². The standard InChI is InChI=1S/C19H22FNO2/c1-2-21-13-3-4-19(21)23-18-11-9-17(10-12-18)22-14-15-5-7-16(20)8-6-15/h5-12,19H,2-4,13-14H2,1H3. The predicted molar refractivity (Wildman–Crippen MR) is 88.1 cm³/mol. The van der Waals surface area contributed by atoms with E-state index in [0.29, 0.717) is 6.61 Å². The van der Waals surface area contributed by atoms with Crippen molar-refractivity contribution in [1.29, 1.82) is 0 Å². The van der Waals surface area contributed by atoms with Crippen LogP contribution >= 0.6 is 0 Å². The lowest BCUT2D eigenvalue weighted by Crippen LogP contribution is -2.33. The maximum absolute atomic E-state index is 12.9. The monoisotopic (exact) mass is 315 g/mol. The Morgan fingerprint density at radius 2 is 1.74 bits per heavy atom. The van der Waals surface area contributed by atoms with Gasteiger partial charge in [0.2, 0.25) is 0 Å². The van der Waals surface area contributed by atoms with E-state index in [9.17, 15) is 4.39 Å². The Labute approximate surface area is 136 Å². The predicted octanol–water partition coefficient (Wildman–Crippen LogP) is 4.23. The maximum Gasteiger partial charge on any atom is 0.152 e. The fourth-order valence-electron chi connectivity index (χ4n) is 2.81. The minimum Gasteiger partial charge on any atom is -0.489 e. The van der Waals surface area contributed by atoms with Gasteiger partial charge in [-0.2, -0.15) is 0 Å². The van der Waals surface area contributed by atoms with E-state index >= 15 is 0 Å². The van der Waals surface area contributed by atoms with Crippen LogP contribution in [0.3, 0.4) is 0 Å². The van der Waals surface area contributed by atoms with Crippen molar-refractivity contribution >= 4 is 0 Å². The number of benzene rings is 2. The molecule has 1 aliphatic heterocycles. The molecule has 1 saturated heterocycles. The van der Waals surface area contributed by atoms with Crippen molar-refractivity contribution in [3.8, 4) is 11.5 Å². The van der Waals surface area contributed by atoms with Crippen LogP contribution in [0.1, 0.15) is 25.3 Å². The van der Waals surface area contributed by atoms with Gasteiger partial charge >= 0.3 is 0 Å². The molecule has 3 rings (SSSR count). The number of rotatable bonds is 6. The van der Waals surface area contributed by atoms with Crippen molar-refractivity contribution < 1.29 is 13.9 Å². The topological polar surface area (TPSA) is 21.7 Å². The molecule has 1 atom stereocenters. The second-order valence-electron chi connectivity index (χ2n) is 5.73. The van der Waals surface area contributed by atoms with Crippen LogP contribution in [-0.2, 0) is 6.61 Å². The lowest BCUT2D eigenvalue weighted by atomic mass is 10.2. The zero-order valence-electron chi connectivity index (χ0n) is 13.4. The van der Waals surface area contributed by atoms with E-state index in [1.54, 1.807) is 12.1 Å². The molecule has 122 valence electrons. The third kappa shape index (κ3) is 4.23. The van der Waals surface area contributed by atoms with Crippen molar-refractivity contribution in [2.45, 2.75) is 32.6 Å². The van der Waals surface area contributed by atoms with Crippen molar-refractivity contribution in [2.24, 2.45) is 0 Å². The van der Waals surface area contributed by atoms with Gasteiger partial charge in [0, 0.05) is 6.54 Å². The molecule has 1 unspecified atom stereocenters. The first-order valence-corrected chi connectivity index (χ1v) is 8.12. The highest BCUT2D eigenvalue weighted by Gasteiger charge is 2.24. The van der Waals surface area contributed by atoms with Crippen molar-refractivity contribution in [3.05, 3.63) is 59.9 Å². The summed E-state index contributed by atoms with van der Waals surface area (Å²) in [7, 11) is 0. The molecule has 2 aromatic rings. The summed E-state index contributed by atoms with van der Waals surface area (Å²) in [5, 5.41) is 0. The normalized spacial score (nSPS) is 18.1. The third-order valence-corrected chi connectivity index (χ3v) is 4.12. The molecule has 4 heteroatoms. The average Bonchev–Trinajstić information content (AvgIpc) is 3.03. The quantitative estimate of drug-likeness (QED) is 0.796. The molecule has 0 bridgehead atoms. The molecular formula is C19H22FNO2. The Morgan fingerprint density at radius 1 is 1.04 bits per heavy atom. The minimum absolute atomic E-state index is 0.186. The van der Waals surface area contributed by atoms with Crippen LogP contribution in [-0.4, -0.2) is 24.2 Å². The summed E-state index contributed by atoms with van der Waals surface area (Å²) in [4.78, 5) is 2.35. The van der Waals surface area contributed by atoms with Crippen LogP contribution in [0.5, 0.6) is 11.5 Å². The minimum atomic E-state index is -0.233. The van der Waals surface area contributed by atoms with Crippen LogP contribution in [0.25, 0.3) is 0 Å². The molecule has 2 aromatic carbocycles. The lowest BCUT2D eigenvalue weighted by Gasteiger charge is -2.23. The second kappa shape index (κ2) is 7.47. The van der Waals surface area contributed by atoms with Crippen LogP contribution in [0.15, 0.2) is 48.5 Å². The first-order chi connectivity index (χ1) is 11.2. The van der Waals surface area contributed by atoms with Gasteiger partial charge in [0.05, 0.1) is 0 Å². The van der Waals surface area contributed by atoms with Crippen LogP contribution in [0, 0.1) is 5.82 Å². The Morgan fingerprint density at radius 3 is 2.43 bits per heavy atom. The van der Waals surface area contributed by atoms with E-state index in [-0.39, 0.29) is 12.0 Å². The molecule has 0 saturated carbocycles. The highest BCUT2D eigenvalue weighted by Crippen LogP contribution is 2.24. The Balaban J connectivity index is 1.53. The van der Waals surface area contributed by atoms with Gasteiger partial charge in [0.25, 0.3) is 0 Å².